The molecule has 0 saturated carbocycles. The van der Waals surface area contributed by atoms with Crippen molar-refractivity contribution in [1.29, 1.82) is 0 Å². The van der Waals surface area contributed by atoms with E-state index in [1.54, 1.807) is 0 Å². The highest BCUT2D eigenvalue weighted by molar-refractivity contribution is 9.10. The molecule has 2 rings (SSSR count). The van der Waals surface area contributed by atoms with Crippen molar-refractivity contribution >= 4 is 27.3 Å². The van der Waals surface area contributed by atoms with Crippen LogP contribution in [0.15, 0.2) is 34.9 Å². The van der Waals surface area contributed by atoms with Crippen LogP contribution in [0.25, 0.3) is 0 Å². The minimum atomic E-state index is 0.369. The number of pyridine rings is 1. The minimum Gasteiger partial charge on any atom is -0.309 e. The molecule has 0 aliphatic carbocycles. The van der Waals surface area contributed by atoms with Gasteiger partial charge in [0, 0.05) is 38.6 Å². The lowest BCUT2D eigenvalue weighted by molar-refractivity contribution is 0.531. The number of halogens is 1. The van der Waals surface area contributed by atoms with Gasteiger partial charge in [0.1, 0.15) is 0 Å². The summed E-state index contributed by atoms with van der Waals surface area (Å²) >= 11 is 5.35. The van der Waals surface area contributed by atoms with Gasteiger partial charge in [0.2, 0.25) is 0 Å². The molecule has 1 N–H and O–H groups in total. The van der Waals surface area contributed by atoms with Crippen LogP contribution in [0.3, 0.4) is 0 Å². The van der Waals surface area contributed by atoms with Crippen molar-refractivity contribution in [2.75, 3.05) is 6.54 Å². The van der Waals surface area contributed by atoms with Gasteiger partial charge in [-0.1, -0.05) is 13.8 Å². The number of nitrogens with zero attached hydrogens (tertiary/aromatic N) is 1. The van der Waals surface area contributed by atoms with E-state index in [4.69, 9.17) is 0 Å². The average molecular weight is 353 g/mol. The summed E-state index contributed by atoms with van der Waals surface area (Å²) in [6, 6.07) is 9.03. The van der Waals surface area contributed by atoms with Crippen LogP contribution in [0, 0.1) is 0 Å². The number of nitrogens with one attached hydrogen (secondary N) is 1. The summed E-state index contributed by atoms with van der Waals surface area (Å²) in [6.07, 6.45) is 5.08. The van der Waals surface area contributed by atoms with Crippen LogP contribution < -0.4 is 5.32 Å². The van der Waals surface area contributed by atoms with Gasteiger partial charge < -0.3 is 5.32 Å². The van der Waals surface area contributed by atoms with Crippen molar-refractivity contribution in [1.82, 2.24) is 10.3 Å². The Morgan fingerprint density at radius 3 is 2.70 bits per heavy atom. The average Bonchev–Trinajstić information content (AvgIpc) is 2.94. The Morgan fingerprint density at radius 1 is 1.25 bits per heavy atom. The van der Waals surface area contributed by atoms with Crippen LogP contribution >= 0.6 is 27.3 Å². The molecule has 1 unspecified atom stereocenters. The molecule has 2 aromatic heterocycles. The highest BCUT2D eigenvalue weighted by atomic mass is 79.9. The molecule has 0 aliphatic rings. The van der Waals surface area contributed by atoms with Gasteiger partial charge in [-0.25, -0.2) is 0 Å². The summed E-state index contributed by atoms with van der Waals surface area (Å²) in [5.41, 5.74) is 1.13. The number of aryl methyl sites for hydroxylation is 1. The fourth-order valence-corrected chi connectivity index (χ4v) is 3.36. The molecule has 0 fully saturated rings. The molecule has 108 valence electrons. The molecule has 1 atom stereocenters. The van der Waals surface area contributed by atoms with Crippen molar-refractivity contribution in [2.24, 2.45) is 0 Å². The first-order valence-electron chi connectivity index (χ1n) is 7.15. The molecular formula is C16H21BrN2S. The predicted molar refractivity (Wildman–Crippen MR) is 90.4 cm³/mol. The second kappa shape index (κ2) is 7.91. The second-order valence-electron chi connectivity index (χ2n) is 4.84. The van der Waals surface area contributed by atoms with E-state index in [0.29, 0.717) is 6.04 Å². The van der Waals surface area contributed by atoms with E-state index in [-0.39, 0.29) is 0 Å². The third-order valence-corrected chi connectivity index (χ3v) is 5.03. The number of hydrogen-bond donors (Lipinski definition) is 1. The van der Waals surface area contributed by atoms with Gasteiger partial charge in [-0.15, -0.1) is 11.3 Å². The topological polar surface area (TPSA) is 24.9 Å². The van der Waals surface area contributed by atoms with Crippen molar-refractivity contribution in [3.8, 4) is 0 Å². The lowest BCUT2D eigenvalue weighted by Gasteiger charge is -2.17. The molecule has 2 heterocycles. The molecule has 0 bridgehead atoms. The molecule has 0 radical (unpaired) electrons. The zero-order valence-electron chi connectivity index (χ0n) is 12.0. The molecule has 0 aromatic carbocycles. The van der Waals surface area contributed by atoms with E-state index in [2.05, 4.69) is 64.3 Å². The maximum atomic E-state index is 4.50. The fraction of sp³-hybridized carbons (Fsp3) is 0.438. The van der Waals surface area contributed by atoms with Gasteiger partial charge in [-0.05, 0) is 59.6 Å². The number of thiophene rings is 1. The van der Waals surface area contributed by atoms with Crippen LogP contribution in [0.1, 0.15) is 41.8 Å². The Bertz CT molecular complexity index is 522. The molecule has 2 nitrogen and oxygen atoms in total. The zero-order valence-corrected chi connectivity index (χ0v) is 14.4. The molecule has 2 aromatic rings. The Morgan fingerprint density at radius 2 is 2.10 bits per heavy atom. The standard InChI is InChI=1S/C16H21BrN2S/c1-3-9-18-15(16-8-7-14(4-2)20-16)10-13-6-5-12(17)11-19-13/h5-8,11,15,18H,3-4,9-10H2,1-2H3. The molecule has 4 heteroatoms. The van der Waals surface area contributed by atoms with E-state index in [0.717, 1.165) is 36.0 Å². The van der Waals surface area contributed by atoms with Crippen LogP contribution in [0.4, 0.5) is 0 Å². The Balaban J connectivity index is 2.12. The molecule has 0 aliphatic heterocycles. The zero-order chi connectivity index (χ0) is 14.4. The summed E-state index contributed by atoms with van der Waals surface area (Å²) in [5.74, 6) is 0. The van der Waals surface area contributed by atoms with Gasteiger partial charge in [-0.2, -0.15) is 0 Å². The Kier molecular flexibility index (Phi) is 6.20. The SMILES string of the molecule is CCCNC(Cc1ccc(Br)cn1)c1ccc(CC)s1. The van der Waals surface area contributed by atoms with Gasteiger partial charge in [0.05, 0.1) is 0 Å². The van der Waals surface area contributed by atoms with Crippen LogP contribution in [0.5, 0.6) is 0 Å². The van der Waals surface area contributed by atoms with E-state index in [9.17, 15) is 0 Å². The summed E-state index contributed by atoms with van der Waals surface area (Å²) in [6.45, 7) is 5.45. The summed E-state index contributed by atoms with van der Waals surface area (Å²) in [4.78, 5) is 7.36. The van der Waals surface area contributed by atoms with Crippen molar-refractivity contribution in [3.05, 3.63) is 50.4 Å². The third-order valence-electron chi connectivity index (χ3n) is 3.22. The first-order chi connectivity index (χ1) is 9.72. The normalized spacial score (nSPS) is 12.6. The van der Waals surface area contributed by atoms with Gasteiger partial charge in [-0.3, -0.25) is 4.98 Å². The predicted octanol–water partition coefficient (Wildman–Crippen LogP) is 4.75. The maximum absolute atomic E-state index is 4.50. The quantitative estimate of drug-likeness (QED) is 0.777. The van der Waals surface area contributed by atoms with Crippen molar-refractivity contribution in [3.63, 3.8) is 0 Å². The minimum absolute atomic E-state index is 0.369. The lowest BCUT2D eigenvalue weighted by Crippen LogP contribution is -2.23. The molecular weight excluding hydrogens is 332 g/mol. The maximum Gasteiger partial charge on any atom is 0.0470 e. The smallest absolute Gasteiger partial charge is 0.0470 e. The summed E-state index contributed by atoms with van der Waals surface area (Å²) < 4.78 is 1.03. The fourth-order valence-electron chi connectivity index (χ4n) is 2.10. The first kappa shape index (κ1) is 15.7. The van der Waals surface area contributed by atoms with Gasteiger partial charge >= 0.3 is 0 Å². The largest absolute Gasteiger partial charge is 0.309 e. The summed E-state index contributed by atoms with van der Waals surface area (Å²) in [7, 11) is 0. The van der Waals surface area contributed by atoms with Crippen molar-refractivity contribution < 1.29 is 0 Å². The molecule has 0 saturated heterocycles. The van der Waals surface area contributed by atoms with E-state index in [1.807, 2.05) is 17.5 Å². The highest BCUT2D eigenvalue weighted by Crippen LogP contribution is 2.26. The van der Waals surface area contributed by atoms with E-state index in [1.165, 1.54) is 9.75 Å². The third kappa shape index (κ3) is 4.40. The highest BCUT2D eigenvalue weighted by Gasteiger charge is 2.14. The van der Waals surface area contributed by atoms with Crippen LogP contribution in [-0.2, 0) is 12.8 Å². The molecule has 20 heavy (non-hydrogen) atoms. The second-order valence-corrected chi connectivity index (χ2v) is 6.95. The molecule has 0 amide bonds. The van der Waals surface area contributed by atoms with Gasteiger partial charge in [0.25, 0.3) is 0 Å². The lowest BCUT2D eigenvalue weighted by atomic mass is 10.1. The van der Waals surface area contributed by atoms with Crippen molar-refractivity contribution in [2.45, 2.75) is 39.2 Å². The Hall–Kier alpha value is -0.710. The van der Waals surface area contributed by atoms with Crippen LogP contribution in [0.2, 0.25) is 0 Å². The number of aromatic nitrogens is 1. The molecule has 0 spiro atoms. The number of hydrogen-bond acceptors (Lipinski definition) is 3. The summed E-state index contributed by atoms with van der Waals surface area (Å²) in [5, 5.41) is 3.64. The Labute approximate surface area is 133 Å². The number of rotatable bonds is 7. The monoisotopic (exact) mass is 352 g/mol. The van der Waals surface area contributed by atoms with E-state index >= 15 is 0 Å². The van der Waals surface area contributed by atoms with E-state index < -0.39 is 0 Å². The van der Waals surface area contributed by atoms with Crippen LogP contribution in [-0.4, -0.2) is 11.5 Å². The van der Waals surface area contributed by atoms with Gasteiger partial charge in [0.15, 0.2) is 0 Å². The first-order valence-corrected chi connectivity index (χ1v) is 8.76.